The predicted octanol–water partition coefficient (Wildman–Crippen LogP) is 2.25. The Kier molecular flexibility index (Phi) is 5.10. The van der Waals surface area contributed by atoms with E-state index in [-0.39, 0.29) is 12.2 Å². The molecule has 1 heterocycles. The smallest absolute Gasteiger partial charge is 0.310 e. The van der Waals surface area contributed by atoms with Crippen LogP contribution in [-0.2, 0) is 22.4 Å². The Labute approximate surface area is 131 Å². The van der Waals surface area contributed by atoms with Crippen molar-refractivity contribution in [2.24, 2.45) is 5.41 Å². The van der Waals surface area contributed by atoms with Gasteiger partial charge in [0, 0.05) is 18.3 Å². The molecule has 0 aliphatic carbocycles. The summed E-state index contributed by atoms with van der Waals surface area (Å²) in [5.41, 5.74) is 0.730. The molecule has 1 aromatic heterocycles. The van der Waals surface area contributed by atoms with Crippen molar-refractivity contribution in [3.8, 4) is 11.1 Å². The third kappa shape index (κ3) is 4.02. The molecule has 0 aliphatic heterocycles. The van der Waals surface area contributed by atoms with Crippen LogP contribution in [0.1, 0.15) is 13.3 Å². The average Bonchev–Trinajstić information content (AvgIpc) is 2.94. The van der Waals surface area contributed by atoms with Crippen LogP contribution in [0.15, 0.2) is 42.7 Å². The first-order valence-corrected chi connectivity index (χ1v) is 8.07. The molecule has 2 N–H and O–H groups in total. The number of nitrogens with zero attached hydrogens (tertiary/aromatic N) is 2. The summed E-state index contributed by atoms with van der Waals surface area (Å²) in [6.07, 6.45) is 3.79. The second-order valence-corrected chi connectivity index (χ2v) is 6.37. The first kappa shape index (κ1) is 16.4. The van der Waals surface area contributed by atoms with Gasteiger partial charge in [-0.3, -0.25) is 9.48 Å². The van der Waals surface area contributed by atoms with Gasteiger partial charge in [-0.15, -0.1) is 0 Å². The maximum atomic E-state index is 11.3. The minimum atomic E-state index is -2.15. The van der Waals surface area contributed by atoms with Gasteiger partial charge in [-0.05, 0) is 18.9 Å². The number of carboxylic acids is 1. The number of carboxylic acid groups (broad SMARTS) is 1. The molecule has 2 aromatic rings. The lowest BCUT2D eigenvalue weighted by Gasteiger charge is -2.22. The molecular weight excluding hydrogens is 304 g/mol. The molecule has 118 valence electrons. The molecule has 0 fully saturated rings. The highest BCUT2D eigenvalue weighted by atomic mass is 32.2. The number of aromatic nitrogens is 2. The summed E-state index contributed by atoms with van der Waals surface area (Å²) in [6.45, 7) is 1.85. The molecule has 0 aliphatic rings. The summed E-state index contributed by atoms with van der Waals surface area (Å²) in [5.74, 6) is -1.37. The van der Waals surface area contributed by atoms with Crippen LogP contribution in [0.4, 0.5) is 0 Å². The summed E-state index contributed by atoms with van der Waals surface area (Å²) in [4.78, 5) is 11.3. The maximum Gasteiger partial charge on any atom is 0.310 e. The van der Waals surface area contributed by atoms with Crippen molar-refractivity contribution in [1.82, 2.24) is 9.78 Å². The van der Waals surface area contributed by atoms with Crippen LogP contribution in [-0.4, -0.2) is 35.4 Å². The van der Waals surface area contributed by atoms with Crippen molar-refractivity contribution in [2.75, 3.05) is 5.75 Å². The minimum absolute atomic E-state index is 0.227. The molecule has 2 rings (SSSR count). The molecule has 1 aromatic carbocycles. The van der Waals surface area contributed by atoms with Crippen LogP contribution in [0.2, 0.25) is 0 Å². The second-order valence-electron chi connectivity index (χ2n) is 5.44. The number of rotatable bonds is 7. The van der Waals surface area contributed by atoms with E-state index in [0.29, 0.717) is 6.54 Å². The van der Waals surface area contributed by atoms with E-state index in [9.17, 15) is 14.1 Å². The van der Waals surface area contributed by atoms with Crippen molar-refractivity contribution in [2.45, 2.75) is 19.9 Å². The van der Waals surface area contributed by atoms with Gasteiger partial charge in [0.25, 0.3) is 0 Å². The second kappa shape index (κ2) is 6.85. The molecule has 0 saturated carbocycles. The van der Waals surface area contributed by atoms with Crippen LogP contribution < -0.4 is 0 Å². The number of benzene rings is 1. The van der Waals surface area contributed by atoms with E-state index in [0.717, 1.165) is 11.1 Å². The molecule has 0 saturated heterocycles. The van der Waals surface area contributed by atoms with Gasteiger partial charge in [-0.2, -0.15) is 5.10 Å². The Morgan fingerprint density at radius 3 is 2.59 bits per heavy atom. The minimum Gasteiger partial charge on any atom is -0.481 e. The summed E-state index contributed by atoms with van der Waals surface area (Å²) in [6, 6.07) is 9.74. The lowest BCUT2D eigenvalue weighted by molar-refractivity contribution is -0.147. The van der Waals surface area contributed by atoms with Gasteiger partial charge in [0.2, 0.25) is 0 Å². The fourth-order valence-electron chi connectivity index (χ4n) is 2.14. The van der Waals surface area contributed by atoms with Gasteiger partial charge in [-0.25, -0.2) is 4.21 Å². The topological polar surface area (TPSA) is 92.4 Å². The predicted molar refractivity (Wildman–Crippen MR) is 83.7 cm³/mol. The number of aliphatic carboxylic acids is 1. The third-order valence-corrected chi connectivity index (χ3v) is 4.48. The highest BCUT2D eigenvalue weighted by molar-refractivity contribution is 7.79. The molecule has 0 bridgehead atoms. The molecule has 0 radical (unpaired) electrons. The molecule has 22 heavy (non-hydrogen) atoms. The Balaban J connectivity index is 2.07. The third-order valence-electron chi connectivity index (χ3n) is 3.59. The van der Waals surface area contributed by atoms with Gasteiger partial charge in [0.1, 0.15) is 0 Å². The van der Waals surface area contributed by atoms with Gasteiger partial charge in [0.15, 0.2) is 11.1 Å². The van der Waals surface area contributed by atoms with Crippen molar-refractivity contribution in [3.05, 3.63) is 42.7 Å². The summed E-state index contributed by atoms with van der Waals surface area (Å²) in [5, 5.41) is 13.5. The molecule has 7 heteroatoms. The first-order valence-electron chi connectivity index (χ1n) is 6.79. The van der Waals surface area contributed by atoms with E-state index in [2.05, 4.69) is 5.10 Å². The summed E-state index contributed by atoms with van der Waals surface area (Å²) in [7, 11) is 0. The Morgan fingerprint density at radius 1 is 1.32 bits per heavy atom. The zero-order valence-electron chi connectivity index (χ0n) is 12.2. The largest absolute Gasteiger partial charge is 0.481 e. The highest BCUT2D eigenvalue weighted by Gasteiger charge is 2.35. The Hall–Kier alpha value is -1.99. The Morgan fingerprint density at radius 2 is 2.00 bits per heavy atom. The summed E-state index contributed by atoms with van der Waals surface area (Å²) >= 11 is -2.15. The van der Waals surface area contributed by atoms with E-state index < -0.39 is 22.5 Å². The molecule has 0 spiro atoms. The van der Waals surface area contributed by atoms with Crippen LogP contribution in [0.5, 0.6) is 0 Å². The average molecular weight is 322 g/mol. The van der Waals surface area contributed by atoms with Crippen molar-refractivity contribution >= 4 is 17.0 Å². The summed E-state index contributed by atoms with van der Waals surface area (Å²) < 4.78 is 21.6. The molecular formula is C15H18N2O4S. The molecule has 6 nitrogen and oxygen atoms in total. The van der Waals surface area contributed by atoms with Crippen LogP contribution in [0, 0.1) is 5.41 Å². The molecule has 1 unspecified atom stereocenters. The molecule has 2 atom stereocenters. The van der Waals surface area contributed by atoms with E-state index in [1.807, 2.05) is 36.5 Å². The van der Waals surface area contributed by atoms with E-state index >= 15 is 0 Å². The van der Waals surface area contributed by atoms with Gasteiger partial charge in [-0.1, -0.05) is 30.3 Å². The maximum absolute atomic E-state index is 11.3. The van der Waals surface area contributed by atoms with Gasteiger partial charge in [0.05, 0.1) is 17.4 Å². The number of hydrogen-bond acceptors (Lipinski definition) is 3. The van der Waals surface area contributed by atoms with Crippen LogP contribution in [0.3, 0.4) is 0 Å². The normalized spacial score (nSPS) is 15.2. The van der Waals surface area contributed by atoms with E-state index in [1.165, 1.54) is 6.92 Å². The SMILES string of the molecule is C[C@](CCn1cc(-c2ccccc2)cn1)(CS(=O)O)C(=O)O. The standard InChI is InChI=1S/C15H18N2O4S/c1-15(14(18)19,11-22(20)21)7-8-17-10-13(9-16-17)12-5-3-2-4-6-12/h2-6,9-10H,7-8,11H2,1H3,(H,18,19)(H,20,21)/t15-/m0/s1. The number of hydrogen-bond donors (Lipinski definition) is 2. The lowest BCUT2D eigenvalue weighted by atomic mass is 9.89. The zero-order chi connectivity index (χ0) is 16.2. The van der Waals surface area contributed by atoms with Crippen molar-refractivity contribution in [3.63, 3.8) is 0 Å². The lowest BCUT2D eigenvalue weighted by Crippen LogP contribution is -2.34. The fourth-order valence-corrected chi connectivity index (χ4v) is 2.95. The van der Waals surface area contributed by atoms with Crippen molar-refractivity contribution in [1.29, 1.82) is 0 Å². The highest BCUT2D eigenvalue weighted by Crippen LogP contribution is 2.24. The first-order chi connectivity index (χ1) is 10.4. The molecule has 0 amide bonds. The quantitative estimate of drug-likeness (QED) is 0.763. The van der Waals surface area contributed by atoms with Gasteiger partial charge < -0.3 is 9.66 Å². The van der Waals surface area contributed by atoms with Gasteiger partial charge >= 0.3 is 5.97 Å². The monoisotopic (exact) mass is 322 g/mol. The number of aryl methyl sites for hydroxylation is 1. The van der Waals surface area contributed by atoms with E-state index in [1.54, 1.807) is 10.9 Å². The zero-order valence-corrected chi connectivity index (χ0v) is 13.0. The fraction of sp³-hybridized carbons (Fsp3) is 0.333. The van der Waals surface area contributed by atoms with Crippen LogP contribution >= 0.6 is 0 Å². The number of carbonyl (C=O) groups is 1. The van der Waals surface area contributed by atoms with Crippen LogP contribution in [0.25, 0.3) is 11.1 Å². The Bertz CT molecular complexity index is 671. The van der Waals surface area contributed by atoms with Crippen molar-refractivity contribution < 1.29 is 18.7 Å². The van der Waals surface area contributed by atoms with E-state index in [4.69, 9.17) is 4.55 Å².